The van der Waals surface area contributed by atoms with E-state index in [-0.39, 0.29) is 5.97 Å². The lowest BCUT2D eigenvalue weighted by atomic mass is 9.94. The summed E-state index contributed by atoms with van der Waals surface area (Å²) in [6.07, 6.45) is 4.13. The third kappa shape index (κ3) is 6.39. The highest BCUT2D eigenvalue weighted by Crippen LogP contribution is 2.16. The third-order valence-electron chi connectivity index (χ3n) is 3.98. The lowest BCUT2D eigenvalue weighted by molar-refractivity contribution is -0.148. The van der Waals surface area contributed by atoms with Crippen molar-refractivity contribution in [3.05, 3.63) is 0 Å². The summed E-state index contributed by atoms with van der Waals surface area (Å²) in [5.74, 6) is -0.162. The van der Waals surface area contributed by atoms with Gasteiger partial charge in [-0.05, 0) is 59.7 Å². The summed E-state index contributed by atoms with van der Waals surface area (Å²) < 4.78 is 4.89. The molecule has 114 valence electrons. The lowest BCUT2D eigenvalue weighted by Gasteiger charge is -2.28. The van der Waals surface area contributed by atoms with Crippen LogP contribution >= 0.6 is 0 Å². The number of ether oxygens (including phenoxy) is 1. The van der Waals surface area contributed by atoms with Crippen LogP contribution in [0.25, 0.3) is 0 Å². The van der Waals surface area contributed by atoms with Crippen molar-refractivity contribution in [2.24, 2.45) is 0 Å². The fourth-order valence-electron chi connectivity index (χ4n) is 2.25. The average molecular weight is 272 g/mol. The van der Waals surface area contributed by atoms with E-state index < -0.39 is 5.54 Å². The smallest absolute Gasteiger partial charge is 0.325 e. The number of nitrogens with zero attached hydrogens (tertiary/aromatic N) is 1. The molecule has 0 bridgehead atoms. The Morgan fingerprint density at radius 1 is 1.37 bits per heavy atom. The first kappa shape index (κ1) is 18.4. The molecule has 0 aromatic rings. The number of carbonyl (C=O) groups excluding carboxylic acids is 1. The van der Waals surface area contributed by atoms with Gasteiger partial charge in [-0.3, -0.25) is 4.79 Å². The van der Waals surface area contributed by atoms with Crippen molar-refractivity contribution < 1.29 is 9.53 Å². The SMILES string of the molecule is CCNC(C)(CCCCN(C)C(C)CC)C(=O)OC. The minimum Gasteiger partial charge on any atom is -0.468 e. The molecule has 4 heteroatoms. The van der Waals surface area contributed by atoms with Gasteiger partial charge in [0.15, 0.2) is 0 Å². The minimum atomic E-state index is -0.543. The van der Waals surface area contributed by atoms with Crippen molar-refractivity contribution in [3.8, 4) is 0 Å². The summed E-state index contributed by atoms with van der Waals surface area (Å²) in [6, 6.07) is 0.626. The Balaban J connectivity index is 4.10. The maximum atomic E-state index is 11.8. The van der Waals surface area contributed by atoms with Crippen molar-refractivity contribution in [1.82, 2.24) is 10.2 Å². The second kappa shape index (κ2) is 9.32. The first-order chi connectivity index (χ1) is 8.91. The van der Waals surface area contributed by atoms with Crippen LogP contribution in [0.1, 0.15) is 53.4 Å². The van der Waals surface area contributed by atoms with Gasteiger partial charge in [-0.2, -0.15) is 0 Å². The second-order valence-electron chi connectivity index (χ2n) is 5.55. The number of nitrogens with one attached hydrogen (secondary N) is 1. The first-order valence-corrected chi connectivity index (χ1v) is 7.45. The van der Waals surface area contributed by atoms with Gasteiger partial charge in [-0.1, -0.05) is 13.8 Å². The van der Waals surface area contributed by atoms with Crippen LogP contribution in [0.2, 0.25) is 0 Å². The van der Waals surface area contributed by atoms with Gasteiger partial charge in [0.1, 0.15) is 5.54 Å². The fraction of sp³-hybridized carbons (Fsp3) is 0.933. The summed E-state index contributed by atoms with van der Waals surface area (Å²) in [5.41, 5.74) is -0.543. The highest BCUT2D eigenvalue weighted by atomic mass is 16.5. The summed E-state index contributed by atoms with van der Waals surface area (Å²) >= 11 is 0. The van der Waals surface area contributed by atoms with E-state index in [1.54, 1.807) is 0 Å². The number of rotatable bonds is 10. The van der Waals surface area contributed by atoms with Gasteiger partial charge in [0, 0.05) is 6.04 Å². The molecule has 0 spiro atoms. The van der Waals surface area contributed by atoms with Gasteiger partial charge in [0.05, 0.1) is 7.11 Å². The molecule has 0 saturated carbocycles. The molecule has 0 heterocycles. The Morgan fingerprint density at radius 3 is 2.47 bits per heavy atom. The van der Waals surface area contributed by atoms with Crippen LogP contribution in [0.5, 0.6) is 0 Å². The molecule has 4 nitrogen and oxygen atoms in total. The molecule has 0 radical (unpaired) electrons. The highest BCUT2D eigenvalue weighted by molar-refractivity contribution is 5.80. The zero-order chi connectivity index (χ0) is 14.9. The van der Waals surface area contributed by atoms with Crippen molar-refractivity contribution >= 4 is 5.97 Å². The molecular weight excluding hydrogens is 240 g/mol. The number of unbranched alkanes of at least 4 members (excludes halogenated alkanes) is 1. The predicted molar refractivity (Wildman–Crippen MR) is 80.3 cm³/mol. The Kier molecular flexibility index (Phi) is 9.02. The van der Waals surface area contributed by atoms with Gasteiger partial charge in [0.2, 0.25) is 0 Å². The quantitative estimate of drug-likeness (QED) is 0.490. The number of hydrogen-bond acceptors (Lipinski definition) is 4. The van der Waals surface area contributed by atoms with Crippen molar-refractivity contribution in [2.75, 3.05) is 27.2 Å². The van der Waals surface area contributed by atoms with E-state index in [0.29, 0.717) is 6.04 Å². The molecule has 0 aromatic heterocycles. The third-order valence-corrected chi connectivity index (χ3v) is 3.98. The molecule has 1 N–H and O–H groups in total. The van der Waals surface area contributed by atoms with E-state index in [4.69, 9.17) is 4.74 Å². The second-order valence-corrected chi connectivity index (χ2v) is 5.55. The highest BCUT2D eigenvalue weighted by Gasteiger charge is 2.32. The van der Waals surface area contributed by atoms with Gasteiger partial charge in [-0.25, -0.2) is 0 Å². The van der Waals surface area contributed by atoms with E-state index in [2.05, 4.69) is 31.1 Å². The van der Waals surface area contributed by atoms with Gasteiger partial charge >= 0.3 is 5.97 Å². The maximum Gasteiger partial charge on any atom is 0.325 e. The van der Waals surface area contributed by atoms with Gasteiger partial charge in [-0.15, -0.1) is 0 Å². The molecule has 0 fully saturated rings. The Labute approximate surface area is 118 Å². The van der Waals surface area contributed by atoms with Crippen LogP contribution in [0.3, 0.4) is 0 Å². The topological polar surface area (TPSA) is 41.6 Å². The number of hydrogen-bond donors (Lipinski definition) is 1. The number of carbonyl (C=O) groups is 1. The molecule has 0 aromatic carbocycles. The van der Waals surface area contributed by atoms with Crippen molar-refractivity contribution in [3.63, 3.8) is 0 Å². The maximum absolute atomic E-state index is 11.8. The number of methoxy groups -OCH3 is 1. The van der Waals surface area contributed by atoms with Gasteiger partial charge in [0.25, 0.3) is 0 Å². The lowest BCUT2D eigenvalue weighted by Crippen LogP contribution is -2.50. The Morgan fingerprint density at radius 2 is 2.00 bits per heavy atom. The number of likely N-dealkylation sites (N-methyl/N-ethyl adjacent to an activating group) is 1. The molecule has 2 unspecified atom stereocenters. The summed E-state index contributed by atoms with van der Waals surface area (Å²) in [4.78, 5) is 14.2. The normalized spacial score (nSPS) is 16.2. The van der Waals surface area contributed by atoms with E-state index in [0.717, 1.165) is 32.4 Å². The summed E-state index contributed by atoms with van der Waals surface area (Å²) in [6.45, 7) is 10.3. The van der Waals surface area contributed by atoms with E-state index >= 15 is 0 Å². The zero-order valence-corrected chi connectivity index (χ0v) is 13.6. The Bertz CT molecular complexity index is 259. The fourth-order valence-corrected chi connectivity index (χ4v) is 2.25. The molecule has 0 amide bonds. The zero-order valence-electron chi connectivity index (χ0n) is 13.6. The van der Waals surface area contributed by atoms with Crippen LogP contribution in [-0.4, -0.2) is 49.7 Å². The number of esters is 1. The van der Waals surface area contributed by atoms with Crippen molar-refractivity contribution in [2.45, 2.75) is 65.0 Å². The summed E-state index contributed by atoms with van der Waals surface area (Å²) in [7, 11) is 3.62. The summed E-state index contributed by atoms with van der Waals surface area (Å²) in [5, 5.41) is 3.24. The van der Waals surface area contributed by atoms with Crippen LogP contribution in [-0.2, 0) is 9.53 Å². The molecule has 0 rings (SSSR count). The first-order valence-electron chi connectivity index (χ1n) is 7.45. The standard InChI is InChI=1S/C15H32N2O2/c1-7-13(3)17(5)12-10-9-11-15(4,16-8-2)14(18)19-6/h13,16H,7-12H2,1-6H3. The molecule has 0 aliphatic carbocycles. The van der Waals surface area contributed by atoms with E-state index in [9.17, 15) is 4.79 Å². The van der Waals surface area contributed by atoms with Crippen LogP contribution in [0, 0.1) is 0 Å². The van der Waals surface area contributed by atoms with Crippen LogP contribution < -0.4 is 5.32 Å². The van der Waals surface area contributed by atoms with E-state index in [1.165, 1.54) is 13.5 Å². The average Bonchev–Trinajstić information content (AvgIpc) is 2.41. The van der Waals surface area contributed by atoms with Crippen molar-refractivity contribution in [1.29, 1.82) is 0 Å². The molecule has 19 heavy (non-hydrogen) atoms. The molecule has 0 saturated heterocycles. The van der Waals surface area contributed by atoms with Crippen LogP contribution in [0.15, 0.2) is 0 Å². The van der Waals surface area contributed by atoms with Gasteiger partial charge < -0.3 is 15.0 Å². The predicted octanol–water partition coefficient (Wildman–Crippen LogP) is 2.43. The largest absolute Gasteiger partial charge is 0.468 e. The molecular formula is C15H32N2O2. The minimum absolute atomic E-state index is 0.162. The van der Waals surface area contributed by atoms with Crippen LogP contribution in [0.4, 0.5) is 0 Å². The molecule has 0 aliphatic rings. The Hall–Kier alpha value is -0.610. The monoisotopic (exact) mass is 272 g/mol. The van der Waals surface area contributed by atoms with E-state index in [1.807, 2.05) is 13.8 Å². The molecule has 0 aliphatic heterocycles. The molecule has 2 atom stereocenters.